The second kappa shape index (κ2) is 10.3. The molecule has 0 bridgehead atoms. The van der Waals surface area contributed by atoms with Crippen LogP contribution in [0.3, 0.4) is 0 Å². The highest BCUT2D eigenvalue weighted by Crippen LogP contribution is 2.32. The largest absolute Gasteiger partial charge is 0.454 e. The van der Waals surface area contributed by atoms with Crippen molar-refractivity contribution in [2.24, 2.45) is 0 Å². The summed E-state index contributed by atoms with van der Waals surface area (Å²) in [5.41, 5.74) is 3.43. The van der Waals surface area contributed by atoms with Crippen LogP contribution in [0.2, 0.25) is 0 Å². The quantitative estimate of drug-likeness (QED) is 0.553. The van der Waals surface area contributed by atoms with Crippen molar-refractivity contribution in [3.05, 3.63) is 95.6 Å². The lowest BCUT2D eigenvalue weighted by Crippen LogP contribution is -2.34. The number of aliphatic hydroxyl groups excluding tert-OH is 1. The van der Waals surface area contributed by atoms with Gasteiger partial charge < -0.3 is 19.3 Å². The van der Waals surface area contributed by atoms with E-state index in [0.717, 1.165) is 29.2 Å². The number of ether oxygens (including phenoxy) is 3. The van der Waals surface area contributed by atoms with Gasteiger partial charge in [0.15, 0.2) is 11.5 Å². The first-order chi connectivity index (χ1) is 14.8. The normalized spacial score (nSPS) is 13.5. The van der Waals surface area contributed by atoms with Gasteiger partial charge >= 0.3 is 0 Å². The first-order valence-corrected chi connectivity index (χ1v) is 10.2. The van der Waals surface area contributed by atoms with E-state index in [2.05, 4.69) is 17.0 Å². The molecule has 0 fully saturated rings. The van der Waals surface area contributed by atoms with Crippen molar-refractivity contribution in [2.75, 3.05) is 19.9 Å². The van der Waals surface area contributed by atoms with E-state index in [4.69, 9.17) is 14.2 Å². The molecule has 0 aliphatic carbocycles. The van der Waals surface area contributed by atoms with Crippen LogP contribution in [0.1, 0.15) is 16.7 Å². The van der Waals surface area contributed by atoms with Gasteiger partial charge in [-0.2, -0.15) is 0 Å². The van der Waals surface area contributed by atoms with Crippen molar-refractivity contribution in [2.45, 2.75) is 25.8 Å². The van der Waals surface area contributed by atoms with Crippen molar-refractivity contribution in [1.82, 2.24) is 4.90 Å². The summed E-state index contributed by atoms with van der Waals surface area (Å²) in [5.74, 6) is 1.56. The lowest BCUT2D eigenvalue weighted by Gasteiger charge is -2.25. The third-order valence-corrected chi connectivity index (χ3v) is 4.98. The highest BCUT2D eigenvalue weighted by atomic mass is 16.7. The summed E-state index contributed by atoms with van der Waals surface area (Å²) in [5, 5.41) is 10.6. The zero-order chi connectivity index (χ0) is 20.6. The molecule has 4 rings (SSSR count). The van der Waals surface area contributed by atoms with Crippen LogP contribution in [0.25, 0.3) is 0 Å². The van der Waals surface area contributed by atoms with E-state index >= 15 is 0 Å². The molecular formula is C25H27NO4. The molecule has 3 aromatic carbocycles. The molecule has 1 aliphatic rings. The average molecular weight is 405 g/mol. The van der Waals surface area contributed by atoms with Crippen molar-refractivity contribution in [1.29, 1.82) is 0 Å². The number of benzene rings is 3. The minimum Gasteiger partial charge on any atom is -0.454 e. The highest BCUT2D eigenvalue weighted by Gasteiger charge is 2.17. The predicted octanol–water partition coefficient (Wildman–Crippen LogP) is 4.00. The van der Waals surface area contributed by atoms with Crippen LogP contribution in [0, 0.1) is 0 Å². The van der Waals surface area contributed by atoms with Crippen molar-refractivity contribution >= 4 is 0 Å². The van der Waals surface area contributed by atoms with Gasteiger partial charge in [-0.15, -0.1) is 0 Å². The topological polar surface area (TPSA) is 51.2 Å². The first kappa shape index (κ1) is 20.4. The summed E-state index contributed by atoms with van der Waals surface area (Å²) in [6.45, 7) is 3.01. The van der Waals surface area contributed by atoms with Gasteiger partial charge in [0.2, 0.25) is 6.79 Å². The van der Waals surface area contributed by atoms with Gasteiger partial charge in [-0.05, 0) is 28.8 Å². The second-order valence-electron chi connectivity index (χ2n) is 7.50. The maximum Gasteiger partial charge on any atom is 0.231 e. The summed E-state index contributed by atoms with van der Waals surface area (Å²) in [6, 6.07) is 26.3. The van der Waals surface area contributed by atoms with Gasteiger partial charge in [0.1, 0.15) is 0 Å². The Labute approximate surface area is 177 Å². The number of hydrogen-bond acceptors (Lipinski definition) is 5. The second-order valence-corrected chi connectivity index (χ2v) is 7.50. The third-order valence-electron chi connectivity index (χ3n) is 4.98. The van der Waals surface area contributed by atoms with Crippen LogP contribution >= 0.6 is 0 Å². The Hall–Kier alpha value is -2.86. The standard InChI is InChI=1S/C25H27NO4/c27-23(18-28-17-21-9-5-2-6-10-21)16-26(14-20-7-3-1-4-8-20)15-22-11-12-24-25(13-22)30-19-29-24/h1-13,23,27H,14-19H2. The molecule has 0 spiro atoms. The monoisotopic (exact) mass is 405 g/mol. The zero-order valence-electron chi connectivity index (χ0n) is 16.9. The minimum atomic E-state index is -0.577. The molecule has 0 saturated carbocycles. The molecule has 1 atom stereocenters. The van der Waals surface area contributed by atoms with Crippen molar-refractivity contribution in [3.63, 3.8) is 0 Å². The van der Waals surface area contributed by atoms with E-state index in [1.54, 1.807) is 0 Å². The Kier molecular flexibility index (Phi) is 6.98. The molecule has 1 heterocycles. The minimum absolute atomic E-state index is 0.268. The molecule has 5 heteroatoms. The van der Waals surface area contributed by atoms with Crippen LogP contribution in [-0.4, -0.2) is 36.1 Å². The average Bonchev–Trinajstić information content (AvgIpc) is 3.23. The van der Waals surface area contributed by atoms with E-state index in [1.165, 1.54) is 5.56 Å². The van der Waals surface area contributed by atoms with Gasteiger partial charge in [-0.25, -0.2) is 0 Å². The Balaban J connectivity index is 1.36. The van der Waals surface area contributed by atoms with E-state index in [-0.39, 0.29) is 6.79 Å². The fraction of sp³-hybridized carbons (Fsp3) is 0.280. The van der Waals surface area contributed by atoms with E-state index in [9.17, 15) is 5.11 Å². The molecule has 0 aromatic heterocycles. The molecule has 1 N–H and O–H groups in total. The zero-order valence-corrected chi connectivity index (χ0v) is 16.9. The Morgan fingerprint density at radius 1 is 0.800 bits per heavy atom. The van der Waals surface area contributed by atoms with Gasteiger partial charge in [-0.1, -0.05) is 66.7 Å². The molecule has 30 heavy (non-hydrogen) atoms. The first-order valence-electron chi connectivity index (χ1n) is 10.2. The van der Waals surface area contributed by atoms with Gasteiger partial charge in [0.05, 0.1) is 19.3 Å². The van der Waals surface area contributed by atoms with Crippen LogP contribution in [0.15, 0.2) is 78.9 Å². The van der Waals surface area contributed by atoms with Crippen LogP contribution in [0.5, 0.6) is 11.5 Å². The predicted molar refractivity (Wildman–Crippen MR) is 115 cm³/mol. The summed E-state index contributed by atoms with van der Waals surface area (Å²) < 4.78 is 16.6. The van der Waals surface area contributed by atoms with Crippen LogP contribution in [0.4, 0.5) is 0 Å². The molecule has 0 radical (unpaired) electrons. The van der Waals surface area contributed by atoms with Crippen LogP contribution in [-0.2, 0) is 24.4 Å². The van der Waals surface area contributed by atoms with Gasteiger partial charge in [-0.3, -0.25) is 4.90 Å². The number of hydrogen-bond donors (Lipinski definition) is 1. The molecule has 1 unspecified atom stereocenters. The van der Waals surface area contributed by atoms with Gasteiger partial charge in [0, 0.05) is 19.6 Å². The molecule has 0 amide bonds. The van der Waals surface area contributed by atoms with Crippen molar-refractivity contribution in [3.8, 4) is 11.5 Å². The molecule has 5 nitrogen and oxygen atoms in total. The fourth-order valence-electron chi connectivity index (χ4n) is 3.56. The number of fused-ring (bicyclic) bond motifs is 1. The lowest BCUT2D eigenvalue weighted by molar-refractivity contribution is 0.00712. The number of aliphatic hydroxyl groups is 1. The maximum atomic E-state index is 10.6. The molecule has 1 aliphatic heterocycles. The van der Waals surface area contributed by atoms with Crippen molar-refractivity contribution < 1.29 is 19.3 Å². The maximum absolute atomic E-state index is 10.6. The summed E-state index contributed by atoms with van der Waals surface area (Å²) in [4.78, 5) is 2.23. The fourth-order valence-corrected chi connectivity index (χ4v) is 3.56. The molecule has 3 aromatic rings. The Morgan fingerprint density at radius 2 is 1.47 bits per heavy atom. The number of rotatable bonds is 10. The van der Waals surface area contributed by atoms with Crippen LogP contribution < -0.4 is 9.47 Å². The summed E-state index contributed by atoms with van der Waals surface area (Å²) in [6.07, 6.45) is -0.577. The number of nitrogens with zero attached hydrogens (tertiary/aromatic N) is 1. The van der Waals surface area contributed by atoms with Gasteiger partial charge in [0.25, 0.3) is 0 Å². The molecule has 0 saturated heterocycles. The lowest BCUT2D eigenvalue weighted by atomic mass is 10.1. The molecular weight excluding hydrogens is 378 g/mol. The summed E-state index contributed by atoms with van der Waals surface area (Å²) >= 11 is 0. The SMILES string of the molecule is OC(COCc1ccccc1)CN(Cc1ccccc1)Cc1ccc2c(c1)OCO2. The summed E-state index contributed by atoms with van der Waals surface area (Å²) in [7, 11) is 0. The highest BCUT2D eigenvalue weighted by molar-refractivity contribution is 5.44. The van der Waals surface area contributed by atoms with E-state index in [0.29, 0.717) is 26.3 Å². The third kappa shape index (κ3) is 5.83. The smallest absolute Gasteiger partial charge is 0.231 e. The van der Waals surface area contributed by atoms with E-state index in [1.807, 2.05) is 66.7 Å². The Morgan fingerprint density at radius 3 is 2.23 bits per heavy atom. The Bertz CT molecular complexity index is 917. The van der Waals surface area contributed by atoms with E-state index < -0.39 is 6.10 Å². The molecule has 156 valence electrons.